The number of aryl methyl sites for hydroxylation is 1. The molecule has 0 N–H and O–H groups in total. The average molecular weight is 297 g/mol. The minimum Gasteiger partial charge on any atom is -0.296 e. The zero-order valence-electron chi connectivity index (χ0n) is 11.5. The summed E-state index contributed by atoms with van der Waals surface area (Å²) in [4.78, 5) is 16.0. The minimum atomic E-state index is 0.516. The molecule has 1 heterocycles. The van der Waals surface area contributed by atoms with Crippen LogP contribution in [0.5, 0.6) is 0 Å². The van der Waals surface area contributed by atoms with Gasteiger partial charge >= 0.3 is 0 Å². The summed E-state index contributed by atoms with van der Waals surface area (Å²) < 4.78 is 1.81. The number of aldehydes is 1. The molecule has 0 unspecified atom stereocenters. The van der Waals surface area contributed by atoms with Crippen LogP contribution in [0.3, 0.4) is 0 Å². The van der Waals surface area contributed by atoms with E-state index in [2.05, 4.69) is 4.98 Å². The Kier molecular flexibility index (Phi) is 3.59. The van der Waals surface area contributed by atoms with Crippen LogP contribution in [0.1, 0.15) is 16.2 Å². The molecule has 0 aliphatic heterocycles. The molecule has 1 aromatic heterocycles. The summed E-state index contributed by atoms with van der Waals surface area (Å²) in [5.74, 6) is 0.711. The lowest BCUT2D eigenvalue weighted by Crippen LogP contribution is -2.03. The molecule has 3 nitrogen and oxygen atoms in total. The van der Waals surface area contributed by atoms with Crippen molar-refractivity contribution in [3.63, 3.8) is 0 Å². The normalized spacial score (nSPS) is 10.6. The third kappa shape index (κ3) is 2.36. The number of carbonyl (C=O) groups is 1. The zero-order chi connectivity index (χ0) is 14.8. The topological polar surface area (TPSA) is 34.9 Å². The van der Waals surface area contributed by atoms with Gasteiger partial charge in [-0.15, -0.1) is 0 Å². The second-order valence-electron chi connectivity index (χ2n) is 4.68. The molecule has 0 aliphatic rings. The maximum atomic E-state index is 11.5. The lowest BCUT2D eigenvalue weighted by atomic mass is 10.2. The molecule has 0 atom stereocenters. The SMILES string of the molecule is Cc1nc(-c2ccccc2)n(-c2ccccc2Cl)c1C=O. The van der Waals surface area contributed by atoms with E-state index in [0.717, 1.165) is 17.5 Å². The molecule has 0 aliphatic carbocycles. The highest BCUT2D eigenvalue weighted by Crippen LogP contribution is 2.29. The van der Waals surface area contributed by atoms with Crippen molar-refractivity contribution in [2.45, 2.75) is 6.92 Å². The summed E-state index contributed by atoms with van der Waals surface area (Å²) in [7, 11) is 0. The van der Waals surface area contributed by atoms with E-state index >= 15 is 0 Å². The monoisotopic (exact) mass is 296 g/mol. The number of nitrogens with zero attached hydrogens (tertiary/aromatic N) is 2. The number of hydrogen-bond donors (Lipinski definition) is 0. The Hall–Kier alpha value is -2.39. The van der Waals surface area contributed by atoms with Gasteiger partial charge in [0.15, 0.2) is 6.29 Å². The van der Waals surface area contributed by atoms with Gasteiger partial charge in [-0.3, -0.25) is 9.36 Å². The molecule has 0 saturated carbocycles. The van der Waals surface area contributed by atoms with Gasteiger partial charge < -0.3 is 0 Å². The Bertz CT molecular complexity index is 794. The average Bonchev–Trinajstić information content (AvgIpc) is 2.85. The number of benzene rings is 2. The fourth-order valence-corrected chi connectivity index (χ4v) is 2.56. The van der Waals surface area contributed by atoms with Crippen LogP contribution in [0.25, 0.3) is 17.1 Å². The van der Waals surface area contributed by atoms with Gasteiger partial charge in [-0.2, -0.15) is 0 Å². The first kappa shape index (κ1) is 13.6. The van der Waals surface area contributed by atoms with E-state index in [4.69, 9.17) is 11.6 Å². The van der Waals surface area contributed by atoms with Gasteiger partial charge in [0, 0.05) is 5.56 Å². The first-order valence-corrected chi connectivity index (χ1v) is 6.95. The third-order valence-electron chi connectivity index (χ3n) is 3.33. The van der Waals surface area contributed by atoms with Crippen LogP contribution in [-0.2, 0) is 0 Å². The lowest BCUT2D eigenvalue weighted by molar-refractivity contribution is 0.111. The first-order chi connectivity index (χ1) is 10.2. The maximum Gasteiger partial charge on any atom is 0.168 e. The first-order valence-electron chi connectivity index (χ1n) is 6.57. The predicted molar refractivity (Wildman–Crippen MR) is 84.1 cm³/mol. The standard InChI is InChI=1S/C17H13ClN2O/c1-12-16(11-21)20(15-10-6-5-9-14(15)18)17(19-12)13-7-3-2-4-8-13/h2-11H,1H3. The van der Waals surface area contributed by atoms with Crippen molar-refractivity contribution >= 4 is 17.9 Å². The van der Waals surface area contributed by atoms with Gasteiger partial charge in [0.25, 0.3) is 0 Å². The van der Waals surface area contributed by atoms with Gasteiger partial charge in [0.1, 0.15) is 11.5 Å². The largest absolute Gasteiger partial charge is 0.296 e. The van der Waals surface area contributed by atoms with Gasteiger partial charge in [-0.25, -0.2) is 4.98 Å². The molecule has 4 heteroatoms. The minimum absolute atomic E-state index is 0.516. The number of para-hydroxylation sites is 1. The fourth-order valence-electron chi connectivity index (χ4n) is 2.34. The Balaban J connectivity index is 2.33. The summed E-state index contributed by atoms with van der Waals surface area (Å²) in [6, 6.07) is 17.2. The predicted octanol–water partition coefficient (Wildman–Crippen LogP) is 4.31. The molecule has 0 amide bonds. The summed E-state index contributed by atoms with van der Waals surface area (Å²) in [6.07, 6.45) is 0.818. The van der Waals surface area contributed by atoms with Crippen molar-refractivity contribution in [3.8, 4) is 17.1 Å². The van der Waals surface area contributed by atoms with Gasteiger partial charge in [0.05, 0.1) is 16.4 Å². The van der Waals surface area contributed by atoms with Crippen molar-refractivity contribution < 1.29 is 4.79 Å². The second kappa shape index (κ2) is 5.54. The Morgan fingerprint density at radius 1 is 1.05 bits per heavy atom. The quantitative estimate of drug-likeness (QED) is 0.675. The summed E-state index contributed by atoms with van der Waals surface area (Å²) >= 11 is 6.29. The number of hydrogen-bond acceptors (Lipinski definition) is 2. The highest BCUT2D eigenvalue weighted by atomic mass is 35.5. The third-order valence-corrected chi connectivity index (χ3v) is 3.65. The Morgan fingerprint density at radius 2 is 1.71 bits per heavy atom. The van der Waals surface area contributed by atoms with E-state index in [1.807, 2.05) is 55.5 Å². The van der Waals surface area contributed by atoms with Crippen LogP contribution in [0.4, 0.5) is 0 Å². The molecule has 0 radical (unpaired) electrons. The molecule has 0 spiro atoms. The highest BCUT2D eigenvalue weighted by Gasteiger charge is 2.18. The highest BCUT2D eigenvalue weighted by molar-refractivity contribution is 6.32. The van der Waals surface area contributed by atoms with Crippen LogP contribution in [-0.4, -0.2) is 15.8 Å². The van der Waals surface area contributed by atoms with Crippen molar-refractivity contribution in [1.29, 1.82) is 0 Å². The summed E-state index contributed by atoms with van der Waals surface area (Å²) in [6.45, 7) is 1.82. The van der Waals surface area contributed by atoms with Crippen LogP contribution in [0, 0.1) is 6.92 Å². The van der Waals surface area contributed by atoms with E-state index in [-0.39, 0.29) is 0 Å². The molecule has 0 saturated heterocycles. The number of aromatic nitrogens is 2. The van der Waals surface area contributed by atoms with E-state index < -0.39 is 0 Å². The summed E-state index contributed by atoms with van der Waals surface area (Å²) in [5, 5.41) is 0.579. The van der Waals surface area contributed by atoms with E-state index in [9.17, 15) is 4.79 Å². The van der Waals surface area contributed by atoms with Crippen LogP contribution in [0.15, 0.2) is 54.6 Å². The van der Waals surface area contributed by atoms with Gasteiger partial charge in [-0.05, 0) is 19.1 Å². The lowest BCUT2D eigenvalue weighted by Gasteiger charge is -2.11. The van der Waals surface area contributed by atoms with Crippen molar-refractivity contribution in [2.75, 3.05) is 0 Å². The fraction of sp³-hybridized carbons (Fsp3) is 0.0588. The van der Waals surface area contributed by atoms with Crippen LogP contribution >= 0.6 is 11.6 Å². The van der Waals surface area contributed by atoms with Crippen LogP contribution in [0.2, 0.25) is 5.02 Å². The maximum absolute atomic E-state index is 11.5. The molecule has 104 valence electrons. The molecule has 0 bridgehead atoms. The van der Waals surface area contributed by atoms with Crippen molar-refractivity contribution in [3.05, 3.63) is 71.0 Å². The molecule has 2 aromatic carbocycles. The van der Waals surface area contributed by atoms with Gasteiger partial charge in [-0.1, -0.05) is 54.1 Å². The molecule has 3 rings (SSSR count). The van der Waals surface area contributed by atoms with Crippen molar-refractivity contribution in [1.82, 2.24) is 9.55 Å². The van der Waals surface area contributed by atoms with Crippen molar-refractivity contribution in [2.24, 2.45) is 0 Å². The number of halogens is 1. The molecule has 3 aromatic rings. The molecular weight excluding hydrogens is 284 g/mol. The summed E-state index contributed by atoms with van der Waals surface area (Å²) in [5.41, 5.74) is 2.89. The van der Waals surface area contributed by atoms with Gasteiger partial charge in [0.2, 0.25) is 0 Å². The number of rotatable bonds is 3. The second-order valence-corrected chi connectivity index (χ2v) is 5.08. The smallest absolute Gasteiger partial charge is 0.168 e. The zero-order valence-corrected chi connectivity index (χ0v) is 12.2. The van der Waals surface area contributed by atoms with Crippen LogP contribution < -0.4 is 0 Å². The Labute approximate surface area is 127 Å². The van der Waals surface area contributed by atoms with E-state index in [1.165, 1.54) is 0 Å². The van der Waals surface area contributed by atoms with E-state index in [1.54, 1.807) is 10.6 Å². The van der Waals surface area contributed by atoms with E-state index in [0.29, 0.717) is 22.2 Å². The molecular formula is C17H13ClN2O. The molecule has 0 fully saturated rings. The number of imidazole rings is 1. The number of carbonyl (C=O) groups excluding carboxylic acids is 1. The molecule has 21 heavy (non-hydrogen) atoms. The Morgan fingerprint density at radius 3 is 2.38 bits per heavy atom.